The summed E-state index contributed by atoms with van der Waals surface area (Å²) in [5.41, 5.74) is 3.59. The topological polar surface area (TPSA) is 74.3 Å². The molecular formula is C22H30N4O2. The second-order valence-electron chi connectivity index (χ2n) is 7.19. The van der Waals surface area contributed by atoms with Crippen molar-refractivity contribution in [2.24, 2.45) is 5.92 Å². The van der Waals surface area contributed by atoms with Crippen LogP contribution in [0.3, 0.4) is 0 Å². The predicted molar refractivity (Wildman–Crippen MR) is 114 cm³/mol. The summed E-state index contributed by atoms with van der Waals surface area (Å²) in [6.07, 6.45) is 2.94. The third-order valence-electron chi connectivity index (χ3n) is 4.52. The Morgan fingerprint density at radius 2 is 1.68 bits per heavy atom. The van der Waals surface area contributed by atoms with Crippen molar-refractivity contribution in [3.63, 3.8) is 0 Å². The van der Waals surface area contributed by atoms with E-state index in [4.69, 9.17) is 0 Å². The Morgan fingerprint density at radius 3 is 2.25 bits per heavy atom. The average molecular weight is 383 g/mol. The molecule has 150 valence electrons. The molecule has 0 fully saturated rings. The summed E-state index contributed by atoms with van der Waals surface area (Å²) in [7, 11) is 0. The van der Waals surface area contributed by atoms with E-state index < -0.39 is 0 Å². The van der Waals surface area contributed by atoms with Gasteiger partial charge >= 0.3 is 0 Å². The SMILES string of the molecule is CCN(CC)c1ccc(NC(=O)c2cncc(C(=O)NCC(C)C)c2)c(C)c1. The van der Waals surface area contributed by atoms with Gasteiger partial charge in [-0.15, -0.1) is 0 Å². The molecular weight excluding hydrogens is 352 g/mol. The summed E-state index contributed by atoms with van der Waals surface area (Å²) in [6, 6.07) is 7.55. The molecule has 1 aromatic heterocycles. The molecule has 0 aliphatic carbocycles. The maximum atomic E-state index is 12.6. The van der Waals surface area contributed by atoms with Crippen molar-refractivity contribution >= 4 is 23.2 Å². The third-order valence-corrected chi connectivity index (χ3v) is 4.52. The quantitative estimate of drug-likeness (QED) is 0.727. The highest BCUT2D eigenvalue weighted by Gasteiger charge is 2.13. The van der Waals surface area contributed by atoms with E-state index in [9.17, 15) is 9.59 Å². The average Bonchev–Trinajstić information content (AvgIpc) is 2.69. The lowest BCUT2D eigenvalue weighted by molar-refractivity contribution is 0.0948. The van der Waals surface area contributed by atoms with E-state index in [0.717, 1.165) is 30.0 Å². The molecule has 0 bridgehead atoms. The van der Waals surface area contributed by atoms with Gasteiger partial charge in [0.1, 0.15) is 0 Å². The molecule has 0 unspecified atom stereocenters. The summed E-state index contributed by atoms with van der Waals surface area (Å²) in [5, 5.41) is 5.75. The van der Waals surface area contributed by atoms with Gasteiger partial charge in [0.25, 0.3) is 11.8 Å². The fourth-order valence-corrected chi connectivity index (χ4v) is 2.86. The van der Waals surface area contributed by atoms with E-state index in [1.807, 2.05) is 32.9 Å². The van der Waals surface area contributed by atoms with Gasteiger partial charge in [-0.2, -0.15) is 0 Å². The highest BCUT2D eigenvalue weighted by molar-refractivity contribution is 6.06. The van der Waals surface area contributed by atoms with Crippen LogP contribution in [0.2, 0.25) is 0 Å². The lowest BCUT2D eigenvalue weighted by Gasteiger charge is -2.22. The molecule has 0 radical (unpaired) electrons. The minimum atomic E-state index is -0.287. The Morgan fingerprint density at radius 1 is 1.04 bits per heavy atom. The van der Waals surface area contributed by atoms with Gasteiger partial charge in [-0.05, 0) is 56.5 Å². The van der Waals surface area contributed by atoms with E-state index in [0.29, 0.717) is 23.6 Å². The first kappa shape index (κ1) is 21.4. The Bertz CT molecular complexity index is 829. The zero-order chi connectivity index (χ0) is 20.7. The maximum absolute atomic E-state index is 12.6. The number of amides is 2. The van der Waals surface area contributed by atoms with Crippen LogP contribution in [0.25, 0.3) is 0 Å². The molecule has 2 amide bonds. The Labute approximate surface area is 167 Å². The van der Waals surface area contributed by atoms with Gasteiger partial charge in [0.2, 0.25) is 0 Å². The van der Waals surface area contributed by atoms with Crippen LogP contribution < -0.4 is 15.5 Å². The minimum absolute atomic E-state index is 0.226. The van der Waals surface area contributed by atoms with Crippen LogP contribution >= 0.6 is 0 Å². The van der Waals surface area contributed by atoms with Crippen LogP contribution in [0.4, 0.5) is 11.4 Å². The van der Waals surface area contributed by atoms with Crippen LogP contribution in [0.5, 0.6) is 0 Å². The van der Waals surface area contributed by atoms with Crippen LogP contribution in [0, 0.1) is 12.8 Å². The Kier molecular flexibility index (Phi) is 7.55. The van der Waals surface area contributed by atoms with Crippen LogP contribution in [-0.4, -0.2) is 36.4 Å². The molecule has 6 heteroatoms. The zero-order valence-electron chi connectivity index (χ0n) is 17.4. The number of rotatable bonds is 8. The first-order valence-corrected chi connectivity index (χ1v) is 9.75. The van der Waals surface area contributed by atoms with Gasteiger partial charge in [0, 0.05) is 43.4 Å². The van der Waals surface area contributed by atoms with E-state index in [1.54, 1.807) is 6.07 Å². The monoisotopic (exact) mass is 382 g/mol. The number of aromatic nitrogens is 1. The molecule has 2 aromatic rings. The summed E-state index contributed by atoms with van der Waals surface area (Å²) >= 11 is 0. The number of benzene rings is 1. The summed E-state index contributed by atoms with van der Waals surface area (Å²) in [5.74, 6) is -0.161. The van der Waals surface area contributed by atoms with E-state index in [-0.39, 0.29) is 11.8 Å². The second kappa shape index (κ2) is 9.88. The van der Waals surface area contributed by atoms with Gasteiger partial charge in [0.15, 0.2) is 0 Å². The van der Waals surface area contributed by atoms with Gasteiger partial charge in [-0.3, -0.25) is 14.6 Å². The molecule has 2 N–H and O–H groups in total. The first-order chi connectivity index (χ1) is 13.3. The maximum Gasteiger partial charge on any atom is 0.257 e. The highest BCUT2D eigenvalue weighted by atomic mass is 16.2. The standard InChI is InChI=1S/C22H30N4O2/c1-6-26(7-2)19-8-9-20(16(5)10-19)25-22(28)18-11-17(13-23-14-18)21(27)24-12-15(3)4/h8-11,13-15H,6-7,12H2,1-5H3,(H,24,27)(H,25,28). The molecule has 0 spiro atoms. The van der Waals surface area contributed by atoms with Crippen molar-refractivity contribution in [3.05, 3.63) is 53.3 Å². The fraction of sp³-hybridized carbons (Fsp3) is 0.409. The van der Waals surface area contributed by atoms with Gasteiger partial charge in [0.05, 0.1) is 11.1 Å². The number of pyridine rings is 1. The molecule has 6 nitrogen and oxygen atoms in total. The number of hydrogen-bond acceptors (Lipinski definition) is 4. The van der Waals surface area contributed by atoms with E-state index >= 15 is 0 Å². The smallest absolute Gasteiger partial charge is 0.257 e. The molecule has 0 saturated heterocycles. The van der Waals surface area contributed by atoms with Gasteiger partial charge in [-0.25, -0.2) is 0 Å². The van der Waals surface area contributed by atoms with E-state index in [2.05, 4.69) is 40.4 Å². The molecule has 0 saturated carbocycles. The van der Waals surface area contributed by atoms with Crippen molar-refractivity contribution < 1.29 is 9.59 Å². The number of hydrogen-bond donors (Lipinski definition) is 2. The number of anilines is 2. The summed E-state index contributed by atoms with van der Waals surface area (Å²) in [6.45, 7) is 12.7. The normalized spacial score (nSPS) is 10.6. The van der Waals surface area contributed by atoms with Crippen molar-refractivity contribution in [1.29, 1.82) is 0 Å². The number of carbonyl (C=O) groups excluding carboxylic acids is 2. The predicted octanol–water partition coefficient (Wildman–Crippen LogP) is 3.87. The van der Waals surface area contributed by atoms with Crippen LogP contribution in [-0.2, 0) is 0 Å². The first-order valence-electron chi connectivity index (χ1n) is 9.75. The van der Waals surface area contributed by atoms with Crippen molar-refractivity contribution in [2.45, 2.75) is 34.6 Å². The lowest BCUT2D eigenvalue weighted by atomic mass is 10.1. The second-order valence-corrected chi connectivity index (χ2v) is 7.19. The Hall–Kier alpha value is -2.89. The van der Waals surface area contributed by atoms with Crippen molar-refractivity contribution in [1.82, 2.24) is 10.3 Å². The van der Waals surface area contributed by atoms with Crippen LogP contribution in [0.1, 0.15) is 54.0 Å². The molecule has 0 aliphatic heterocycles. The van der Waals surface area contributed by atoms with Crippen LogP contribution in [0.15, 0.2) is 36.7 Å². The lowest BCUT2D eigenvalue weighted by Crippen LogP contribution is -2.27. The largest absolute Gasteiger partial charge is 0.372 e. The molecule has 1 aromatic carbocycles. The molecule has 28 heavy (non-hydrogen) atoms. The number of aryl methyl sites for hydroxylation is 1. The van der Waals surface area contributed by atoms with Crippen molar-refractivity contribution in [2.75, 3.05) is 29.9 Å². The summed E-state index contributed by atoms with van der Waals surface area (Å²) in [4.78, 5) is 31.2. The highest BCUT2D eigenvalue weighted by Crippen LogP contribution is 2.23. The van der Waals surface area contributed by atoms with Crippen molar-refractivity contribution in [3.8, 4) is 0 Å². The zero-order valence-corrected chi connectivity index (χ0v) is 17.4. The van der Waals surface area contributed by atoms with Gasteiger partial charge in [-0.1, -0.05) is 13.8 Å². The molecule has 0 atom stereocenters. The molecule has 0 aliphatic rings. The number of carbonyl (C=O) groups is 2. The number of nitrogens with zero attached hydrogens (tertiary/aromatic N) is 2. The fourth-order valence-electron chi connectivity index (χ4n) is 2.86. The Balaban J connectivity index is 2.13. The number of nitrogens with one attached hydrogen (secondary N) is 2. The minimum Gasteiger partial charge on any atom is -0.372 e. The molecule has 1 heterocycles. The third kappa shape index (κ3) is 5.55. The molecule has 2 rings (SSSR count). The van der Waals surface area contributed by atoms with E-state index in [1.165, 1.54) is 12.4 Å². The summed E-state index contributed by atoms with van der Waals surface area (Å²) < 4.78 is 0. The van der Waals surface area contributed by atoms with Gasteiger partial charge < -0.3 is 15.5 Å².